The Bertz CT molecular complexity index is 2000. The van der Waals surface area contributed by atoms with Crippen molar-refractivity contribution >= 4 is 51.5 Å². The molecule has 0 spiro atoms. The van der Waals surface area contributed by atoms with Gasteiger partial charge >= 0.3 is 0 Å². The summed E-state index contributed by atoms with van der Waals surface area (Å²) in [7, 11) is 1.45. The van der Waals surface area contributed by atoms with Crippen LogP contribution in [0.1, 0.15) is 39.8 Å². The van der Waals surface area contributed by atoms with Gasteiger partial charge in [-0.25, -0.2) is 9.97 Å². The maximum absolute atomic E-state index is 13.1. The molecule has 49 heavy (non-hydrogen) atoms. The molecule has 1 amide bonds. The van der Waals surface area contributed by atoms with E-state index in [1.54, 1.807) is 36.5 Å². The highest BCUT2D eigenvalue weighted by Crippen LogP contribution is 2.40. The van der Waals surface area contributed by atoms with Gasteiger partial charge in [-0.2, -0.15) is 0 Å². The first-order valence-electron chi connectivity index (χ1n) is 16.0. The van der Waals surface area contributed by atoms with Crippen molar-refractivity contribution in [1.82, 2.24) is 19.9 Å². The molecule has 10 nitrogen and oxygen atoms in total. The number of fused-ring (bicyclic) bond motifs is 1. The number of nitrogens with two attached hydrogens (primary N) is 1. The number of methoxy groups -OCH3 is 1. The summed E-state index contributed by atoms with van der Waals surface area (Å²) in [5.74, 6) is 0.248. The van der Waals surface area contributed by atoms with Crippen LogP contribution in [0.4, 0.5) is 5.69 Å². The minimum atomic E-state index is -0.649. The molecule has 0 aliphatic carbocycles. The van der Waals surface area contributed by atoms with Gasteiger partial charge in [0.25, 0.3) is 5.91 Å². The third-order valence-electron chi connectivity index (χ3n) is 8.69. The maximum Gasteiger partial charge on any atom is 0.252 e. The van der Waals surface area contributed by atoms with Crippen LogP contribution in [0.5, 0.6) is 17.2 Å². The number of aromatic nitrogens is 3. The summed E-state index contributed by atoms with van der Waals surface area (Å²) in [6.45, 7) is 7.53. The lowest BCUT2D eigenvalue weighted by atomic mass is 10.0. The van der Waals surface area contributed by atoms with E-state index in [0.29, 0.717) is 40.1 Å². The highest BCUT2D eigenvalue weighted by Gasteiger charge is 2.19. The van der Waals surface area contributed by atoms with E-state index in [2.05, 4.69) is 55.9 Å². The lowest BCUT2D eigenvalue weighted by molar-refractivity contribution is -0.117. The SMILES string of the molecule is CCN1CCN(c2ccc(Cc3cc(CC(=O)Cc4ccc(Oc5ccnc6cc(OC)c(C(N)=O)cc56)c(Cl)c4Cl)ncn3)cc2)CC1. The fourth-order valence-electron chi connectivity index (χ4n) is 5.97. The zero-order chi connectivity index (χ0) is 34.5. The number of benzene rings is 3. The van der Waals surface area contributed by atoms with Gasteiger partial charge in [0.15, 0.2) is 0 Å². The molecule has 3 aromatic carbocycles. The summed E-state index contributed by atoms with van der Waals surface area (Å²) in [5.41, 5.74) is 10.7. The van der Waals surface area contributed by atoms with E-state index in [9.17, 15) is 9.59 Å². The molecule has 12 heteroatoms. The first-order valence-corrected chi connectivity index (χ1v) is 16.8. The van der Waals surface area contributed by atoms with Gasteiger partial charge in [0.05, 0.1) is 28.9 Å². The van der Waals surface area contributed by atoms with Crippen molar-refractivity contribution in [3.63, 3.8) is 0 Å². The van der Waals surface area contributed by atoms with Crippen LogP contribution in [0, 0.1) is 0 Å². The van der Waals surface area contributed by atoms with E-state index in [4.69, 9.17) is 38.4 Å². The van der Waals surface area contributed by atoms with Crippen LogP contribution >= 0.6 is 23.2 Å². The molecule has 2 N–H and O–H groups in total. The Morgan fingerprint density at radius 1 is 0.837 bits per heavy atom. The van der Waals surface area contributed by atoms with E-state index in [1.165, 1.54) is 19.1 Å². The number of hydrogen-bond donors (Lipinski definition) is 1. The van der Waals surface area contributed by atoms with E-state index < -0.39 is 5.91 Å². The summed E-state index contributed by atoms with van der Waals surface area (Å²) in [5, 5.41) is 0.898. The molecule has 1 saturated heterocycles. The van der Waals surface area contributed by atoms with Crippen LogP contribution in [0.25, 0.3) is 10.9 Å². The number of Topliss-reactive ketones (excluding diaryl/α,β-unsaturated/α-hetero) is 1. The lowest BCUT2D eigenvalue weighted by Gasteiger charge is -2.35. The summed E-state index contributed by atoms with van der Waals surface area (Å²) in [4.78, 5) is 43.2. The fraction of sp³-hybridized carbons (Fsp3) is 0.270. The van der Waals surface area contributed by atoms with E-state index in [1.807, 2.05) is 6.07 Å². The number of carbonyl (C=O) groups is 2. The lowest BCUT2D eigenvalue weighted by Crippen LogP contribution is -2.46. The van der Waals surface area contributed by atoms with Crippen LogP contribution in [0.15, 0.2) is 73.2 Å². The summed E-state index contributed by atoms with van der Waals surface area (Å²) in [6.07, 6.45) is 3.89. The highest BCUT2D eigenvalue weighted by molar-refractivity contribution is 6.43. The molecular formula is C37H36Cl2N6O4. The molecule has 1 aliphatic rings. The zero-order valence-corrected chi connectivity index (χ0v) is 28.8. The van der Waals surface area contributed by atoms with Gasteiger partial charge in [-0.3, -0.25) is 14.6 Å². The molecule has 1 aliphatic heterocycles. The van der Waals surface area contributed by atoms with Crippen LogP contribution in [0.3, 0.4) is 0 Å². The van der Waals surface area contributed by atoms with Crippen molar-refractivity contribution in [2.45, 2.75) is 26.2 Å². The number of rotatable bonds is 12. The third-order valence-corrected chi connectivity index (χ3v) is 9.59. The van der Waals surface area contributed by atoms with Crippen LogP contribution < -0.4 is 20.1 Å². The number of hydrogen-bond acceptors (Lipinski definition) is 9. The minimum Gasteiger partial charge on any atom is -0.496 e. The van der Waals surface area contributed by atoms with Gasteiger partial charge in [-0.1, -0.05) is 48.3 Å². The number of ketones is 1. The van der Waals surface area contributed by atoms with Gasteiger partial charge in [-0.05, 0) is 54.1 Å². The van der Waals surface area contributed by atoms with E-state index in [0.717, 1.165) is 44.0 Å². The smallest absolute Gasteiger partial charge is 0.252 e. The molecular weight excluding hydrogens is 663 g/mol. The Kier molecular flexibility index (Phi) is 10.6. The second-order valence-corrected chi connectivity index (χ2v) is 12.6. The molecule has 6 rings (SSSR count). The predicted octanol–water partition coefficient (Wildman–Crippen LogP) is 6.32. The van der Waals surface area contributed by atoms with Crippen LogP contribution in [-0.4, -0.2) is 71.4 Å². The first-order chi connectivity index (χ1) is 23.7. The van der Waals surface area contributed by atoms with E-state index in [-0.39, 0.29) is 40.0 Å². The van der Waals surface area contributed by atoms with Gasteiger partial charge in [0.1, 0.15) is 34.4 Å². The average molecular weight is 700 g/mol. The first kappa shape index (κ1) is 34.1. The summed E-state index contributed by atoms with van der Waals surface area (Å²) < 4.78 is 11.4. The number of piperazine rings is 1. The molecule has 3 heterocycles. The largest absolute Gasteiger partial charge is 0.496 e. The molecule has 5 aromatic rings. The molecule has 0 saturated carbocycles. The summed E-state index contributed by atoms with van der Waals surface area (Å²) in [6, 6.07) is 18.7. The molecule has 0 unspecified atom stereocenters. The number of ether oxygens (including phenoxy) is 2. The standard InChI is InChI=1S/C37H36Cl2N6O4/c1-3-44-12-14-45(15-13-44)27-7-4-23(5-8-27)16-25-18-26(43-22-42-25)19-28(46)17-24-6-9-33(36(39)35(24)38)49-32-10-11-41-31-21-34(48-2)30(37(40)47)20-29(31)32/h4-11,18,20-22H,3,12-17,19H2,1-2H3,(H2,40,47). The van der Waals surface area contributed by atoms with Gasteiger partial charge in [0, 0.05) is 74.5 Å². The number of carbonyl (C=O) groups excluding carboxylic acids is 2. The fourth-order valence-corrected chi connectivity index (χ4v) is 6.42. The second kappa shape index (κ2) is 15.2. The molecule has 252 valence electrons. The maximum atomic E-state index is 13.1. The molecule has 0 radical (unpaired) electrons. The zero-order valence-electron chi connectivity index (χ0n) is 27.3. The topological polar surface area (TPSA) is 124 Å². The molecule has 2 aromatic heterocycles. The average Bonchev–Trinajstić information content (AvgIpc) is 3.11. The van der Waals surface area contributed by atoms with Crippen molar-refractivity contribution < 1.29 is 19.1 Å². The van der Waals surface area contributed by atoms with Gasteiger partial charge < -0.3 is 25.0 Å². The Morgan fingerprint density at radius 3 is 2.31 bits per heavy atom. The van der Waals surface area contributed by atoms with Crippen molar-refractivity contribution in [1.29, 1.82) is 0 Å². The Hall–Kier alpha value is -4.77. The van der Waals surface area contributed by atoms with Crippen LogP contribution in [0.2, 0.25) is 10.0 Å². The number of pyridine rings is 1. The second-order valence-electron chi connectivity index (χ2n) is 11.9. The van der Waals surface area contributed by atoms with Gasteiger partial charge in [0.2, 0.25) is 0 Å². The third kappa shape index (κ3) is 7.94. The van der Waals surface area contributed by atoms with E-state index >= 15 is 0 Å². The van der Waals surface area contributed by atoms with Crippen LogP contribution in [-0.2, 0) is 24.1 Å². The Morgan fingerprint density at radius 2 is 1.59 bits per heavy atom. The number of primary amides is 1. The normalized spacial score (nSPS) is 13.4. The number of halogens is 2. The monoisotopic (exact) mass is 698 g/mol. The highest BCUT2D eigenvalue weighted by atomic mass is 35.5. The summed E-state index contributed by atoms with van der Waals surface area (Å²) >= 11 is 13.3. The molecule has 1 fully saturated rings. The Balaban J connectivity index is 1.09. The number of likely N-dealkylation sites (N-methyl/N-ethyl adjacent to an activating group) is 1. The van der Waals surface area contributed by atoms with Crippen molar-refractivity contribution in [3.05, 3.63) is 111 Å². The Labute approximate surface area is 294 Å². The molecule has 0 atom stereocenters. The number of nitrogens with zero attached hydrogens (tertiary/aromatic N) is 5. The number of anilines is 1. The van der Waals surface area contributed by atoms with Gasteiger partial charge in [-0.15, -0.1) is 0 Å². The van der Waals surface area contributed by atoms with Crippen molar-refractivity contribution in [2.75, 3.05) is 44.7 Å². The minimum absolute atomic E-state index is 0.0616. The van der Waals surface area contributed by atoms with Crippen molar-refractivity contribution in [3.8, 4) is 17.2 Å². The quantitative estimate of drug-likeness (QED) is 0.159. The molecule has 0 bridgehead atoms. The predicted molar refractivity (Wildman–Crippen MR) is 191 cm³/mol. The van der Waals surface area contributed by atoms with Crippen molar-refractivity contribution in [2.24, 2.45) is 5.73 Å². The number of amides is 1.